The molecule has 0 bridgehead atoms. The van der Waals surface area contributed by atoms with Crippen LogP contribution in [0, 0.1) is 0 Å². The zero-order valence-corrected chi connectivity index (χ0v) is 18.6. The highest BCUT2D eigenvalue weighted by Gasteiger charge is 2.39. The molecule has 1 heterocycles. The SMILES string of the molecule is COc1ccc(C(OC[C@H]2CSC(=S)S2)(c2ccccc2)c2ccccc2)cc1. The first-order chi connectivity index (χ1) is 14.2. The lowest BCUT2D eigenvalue weighted by atomic mass is 9.80. The number of hydrogen-bond acceptors (Lipinski definition) is 5. The van der Waals surface area contributed by atoms with Gasteiger partial charge in [-0.3, -0.25) is 0 Å². The Kier molecular flexibility index (Phi) is 6.60. The molecule has 0 amide bonds. The molecule has 2 nitrogen and oxygen atoms in total. The Balaban J connectivity index is 1.83. The summed E-state index contributed by atoms with van der Waals surface area (Å²) in [5.74, 6) is 1.82. The summed E-state index contributed by atoms with van der Waals surface area (Å²) in [5, 5.41) is 0.359. The predicted molar refractivity (Wildman–Crippen MR) is 128 cm³/mol. The van der Waals surface area contributed by atoms with E-state index in [-0.39, 0.29) is 0 Å². The van der Waals surface area contributed by atoms with Crippen molar-refractivity contribution in [1.82, 2.24) is 0 Å². The number of thiocarbonyl (C=S) groups is 1. The Labute approximate surface area is 186 Å². The third kappa shape index (κ3) is 4.38. The van der Waals surface area contributed by atoms with Crippen molar-refractivity contribution in [3.63, 3.8) is 0 Å². The van der Waals surface area contributed by atoms with Crippen LogP contribution in [0.2, 0.25) is 0 Å². The summed E-state index contributed by atoms with van der Waals surface area (Å²) in [7, 11) is 1.69. The molecule has 1 atom stereocenters. The molecule has 3 aromatic rings. The van der Waals surface area contributed by atoms with E-state index < -0.39 is 5.60 Å². The van der Waals surface area contributed by atoms with Crippen LogP contribution in [0.15, 0.2) is 84.9 Å². The second-order valence-electron chi connectivity index (χ2n) is 6.75. The first-order valence-electron chi connectivity index (χ1n) is 9.45. The number of thioether (sulfide) groups is 2. The van der Waals surface area contributed by atoms with Gasteiger partial charge in [0.05, 0.1) is 13.7 Å². The fourth-order valence-electron chi connectivity index (χ4n) is 3.59. The van der Waals surface area contributed by atoms with Gasteiger partial charge < -0.3 is 9.47 Å². The molecule has 148 valence electrons. The van der Waals surface area contributed by atoms with E-state index in [4.69, 9.17) is 21.7 Å². The summed E-state index contributed by atoms with van der Waals surface area (Å²) in [6.45, 7) is 0.619. The van der Waals surface area contributed by atoms with Crippen LogP contribution in [-0.2, 0) is 10.3 Å². The van der Waals surface area contributed by atoms with Crippen molar-refractivity contribution in [2.24, 2.45) is 0 Å². The van der Waals surface area contributed by atoms with E-state index in [0.29, 0.717) is 11.9 Å². The standard InChI is InChI=1S/C24H22O2S3/c1-25-21-14-12-20(13-15-21)24(18-8-4-2-5-9-18,19-10-6-3-7-11-19)26-16-22-17-28-23(27)29-22/h2-15,22H,16-17H2,1H3/t22-/m0/s1. The minimum Gasteiger partial charge on any atom is -0.497 e. The Morgan fingerprint density at radius 2 is 1.41 bits per heavy atom. The van der Waals surface area contributed by atoms with Crippen molar-refractivity contribution < 1.29 is 9.47 Å². The van der Waals surface area contributed by atoms with Crippen molar-refractivity contribution in [3.05, 3.63) is 102 Å². The van der Waals surface area contributed by atoms with Crippen molar-refractivity contribution in [3.8, 4) is 5.75 Å². The minimum atomic E-state index is -0.704. The Hall–Kier alpha value is -1.79. The molecule has 4 rings (SSSR count). The van der Waals surface area contributed by atoms with E-state index in [2.05, 4.69) is 60.7 Å². The van der Waals surface area contributed by atoms with Gasteiger partial charge in [0.25, 0.3) is 0 Å². The summed E-state index contributed by atoms with van der Waals surface area (Å²) in [6.07, 6.45) is 0. The lowest BCUT2D eigenvalue weighted by Gasteiger charge is -2.36. The molecule has 0 saturated carbocycles. The molecule has 0 N–H and O–H groups in total. The topological polar surface area (TPSA) is 18.5 Å². The average molecular weight is 439 g/mol. The lowest BCUT2D eigenvalue weighted by Crippen LogP contribution is -2.35. The average Bonchev–Trinajstić information content (AvgIpc) is 3.21. The van der Waals surface area contributed by atoms with Crippen LogP contribution in [-0.4, -0.2) is 28.2 Å². The first kappa shape index (κ1) is 20.5. The Bertz CT molecular complexity index is 903. The lowest BCUT2D eigenvalue weighted by molar-refractivity contribution is 0.0159. The molecule has 0 unspecified atom stereocenters. The molecule has 1 fully saturated rings. The maximum Gasteiger partial charge on any atom is 0.143 e. The molecule has 29 heavy (non-hydrogen) atoms. The van der Waals surface area contributed by atoms with Crippen molar-refractivity contribution in [2.75, 3.05) is 19.5 Å². The van der Waals surface area contributed by atoms with Crippen molar-refractivity contribution in [2.45, 2.75) is 10.9 Å². The maximum absolute atomic E-state index is 6.86. The minimum absolute atomic E-state index is 0.359. The van der Waals surface area contributed by atoms with Gasteiger partial charge in [-0.15, -0.1) is 23.5 Å². The normalized spacial score (nSPS) is 16.7. The molecule has 0 aromatic heterocycles. The van der Waals surface area contributed by atoms with Gasteiger partial charge in [-0.25, -0.2) is 0 Å². The molecule has 5 heteroatoms. The zero-order valence-electron chi connectivity index (χ0n) is 16.1. The van der Waals surface area contributed by atoms with Gasteiger partial charge >= 0.3 is 0 Å². The monoisotopic (exact) mass is 438 g/mol. The number of methoxy groups -OCH3 is 1. The second-order valence-corrected chi connectivity index (χ2v) is 10.3. The number of rotatable bonds is 7. The van der Waals surface area contributed by atoms with Crippen LogP contribution in [0.3, 0.4) is 0 Å². The summed E-state index contributed by atoms with van der Waals surface area (Å²) in [4.78, 5) is 0. The molecule has 3 aromatic carbocycles. The Morgan fingerprint density at radius 1 is 0.862 bits per heavy atom. The summed E-state index contributed by atoms with van der Waals surface area (Å²) >= 11 is 8.86. The molecule has 1 aliphatic rings. The molecule has 0 radical (unpaired) electrons. The van der Waals surface area contributed by atoms with E-state index in [0.717, 1.165) is 31.7 Å². The molecular formula is C24H22O2S3. The van der Waals surface area contributed by atoms with Gasteiger partial charge in [-0.1, -0.05) is 85.0 Å². The zero-order chi connectivity index (χ0) is 20.1. The van der Waals surface area contributed by atoms with Crippen molar-refractivity contribution in [1.29, 1.82) is 0 Å². The van der Waals surface area contributed by atoms with E-state index in [1.54, 1.807) is 30.6 Å². The molecule has 0 spiro atoms. The smallest absolute Gasteiger partial charge is 0.143 e. The van der Waals surface area contributed by atoms with Crippen LogP contribution in [0.4, 0.5) is 0 Å². The van der Waals surface area contributed by atoms with Crippen LogP contribution in [0.5, 0.6) is 5.75 Å². The van der Waals surface area contributed by atoms with Gasteiger partial charge in [0.15, 0.2) is 0 Å². The summed E-state index contributed by atoms with van der Waals surface area (Å²) in [6, 6.07) is 29.1. The molecular weight excluding hydrogens is 416 g/mol. The van der Waals surface area contributed by atoms with Gasteiger partial charge in [0.1, 0.15) is 14.9 Å². The highest BCUT2D eigenvalue weighted by molar-refractivity contribution is 8.49. The molecule has 1 saturated heterocycles. The highest BCUT2D eigenvalue weighted by Crippen LogP contribution is 2.42. The van der Waals surface area contributed by atoms with E-state index >= 15 is 0 Å². The Morgan fingerprint density at radius 3 is 1.90 bits per heavy atom. The summed E-state index contributed by atoms with van der Waals surface area (Å²) < 4.78 is 13.3. The fraction of sp³-hybridized carbons (Fsp3) is 0.208. The van der Waals surface area contributed by atoms with Crippen molar-refractivity contribution >= 4 is 39.3 Å². The van der Waals surface area contributed by atoms with Gasteiger partial charge in [0.2, 0.25) is 0 Å². The fourth-order valence-corrected chi connectivity index (χ4v) is 6.39. The second kappa shape index (κ2) is 9.35. The number of benzene rings is 3. The first-order valence-corrected chi connectivity index (χ1v) is 11.7. The van der Waals surface area contributed by atoms with Gasteiger partial charge in [-0.2, -0.15) is 0 Å². The van der Waals surface area contributed by atoms with Crippen LogP contribution < -0.4 is 4.74 Å². The van der Waals surface area contributed by atoms with Gasteiger partial charge in [0, 0.05) is 11.0 Å². The number of hydrogen-bond donors (Lipinski definition) is 0. The highest BCUT2D eigenvalue weighted by atomic mass is 32.2. The quantitative estimate of drug-likeness (QED) is 0.325. The largest absolute Gasteiger partial charge is 0.497 e. The molecule has 1 aliphatic heterocycles. The van der Waals surface area contributed by atoms with Crippen LogP contribution in [0.25, 0.3) is 0 Å². The third-order valence-electron chi connectivity index (χ3n) is 4.99. The molecule has 0 aliphatic carbocycles. The number of ether oxygens (including phenoxy) is 2. The maximum atomic E-state index is 6.86. The summed E-state index contributed by atoms with van der Waals surface area (Å²) in [5.41, 5.74) is 2.59. The van der Waals surface area contributed by atoms with Crippen LogP contribution >= 0.6 is 35.7 Å². The van der Waals surface area contributed by atoms with Gasteiger partial charge in [-0.05, 0) is 28.8 Å². The van der Waals surface area contributed by atoms with E-state index in [1.165, 1.54) is 0 Å². The van der Waals surface area contributed by atoms with E-state index in [1.807, 2.05) is 24.3 Å². The van der Waals surface area contributed by atoms with E-state index in [9.17, 15) is 0 Å². The third-order valence-corrected chi connectivity index (χ3v) is 8.12. The van der Waals surface area contributed by atoms with Crippen LogP contribution in [0.1, 0.15) is 16.7 Å². The predicted octanol–water partition coefficient (Wildman–Crippen LogP) is 6.14.